The van der Waals surface area contributed by atoms with E-state index in [1.165, 1.54) is 4.90 Å². The summed E-state index contributed by atoms with van der Waals surface area (Å²) in [4.78, 5) is 23.4. The normalized spacial score (nSPS) is 13.2. The molecule has 0 fully saturated rings. The number of hydrogen-bond donors (Lipinski definition) is 2. The van der Waals surface area contributed by atoms with Gasteiger partial charge < -0.3 is 19.8 Å². The summed E-state index contributed by atoms with van der Waals surface area (Å²) >= 11 is 12.6. The van der Waals surface area contributed by atoms with Crippen LogP contribution >= 0.6 is 23.2 Å². The first-order chi connectivity index (χ1) is 12.4. The maximum atomic E-state index is 11.4. The second-order valence-electron chi connectivity index (χ2n) is 5.83. The van der Waals surface area contributed by atoms with E-state index in [0.717, 1.165) is 16.7 Å². The quantitative estimate of drug-likeness (QED) is 0.811. The summed E-state index contributed by atoms with van der Waals surface area (Å²) in [7, 11) is 0. The maximum Gasteiger partial charge on any atom is 0.407 e. The molecule has 0 radical (unpaired) electrons. The van der Waals surface area contributed by atoms with Gasteiger partial charge in [-0.1, -0.05) is 29.3 Å². The van der Waals surface area contributed by atoms with Gasteiger partial charge in [-0.15, -0.1) is 0 Å². The largest absolute Gasteiger partial charge is 0.482 e. The molecule has 2 aromatic rings. The van der Waals surface area contributed by atoms with Crippen molar-refractivity contribution in [2.45, 2.75) is 13.0 Å². The van der Waals surface area contributed by atoms with Gasteiger partial charge in [-0.2, -0.15) is 0 Å². The molecule has 1 aliphatic heterocycles. The molecule has 0 aromatic heterocycles. The first kappa shape index (κ1) is 18.4. The van der Waals surface area contributed by atoms with Crippen LogP contribution in [0.3, 0.4) is 0 Å². The minimum absolute atomic E-state index is 0.205. The monoisotopic (exact) mass is 395 g/mol. The molecule has 0 unspecified atom stereocenters. The first-order valence-electron chi connectivity index (χ1n) is 7.79. The Morgan fingerprint density at radius 2 is 1.77 bits per heavy atom. The molecule has 2 aromatic carbocycles. The van der Waals surface area contributed by atoms with Crippen molar-refractivity contribution in [1.82, 2.24) is 4.90 Å². The molecule has 136 valence electrons. The van der Waals surface area contributed by atoms with E-state index in [2.05, 4.69) is 0 Å². The lowest BCUT2D eigenvalue weighted by molar-refractivity contribution is -0.139. The number of carbonyl (C=O) groups is 2. The van der Waals surface area contributed by atoms with Crippen molar-refractivity contribution in [3.05, 3.63) is 51.5 Å². The summed E-state index contributed by atoms with van der Waals surface area (Å²) in [5, 5.41) is 19.1. The summed E-state index contributed by atoms with van der Waals surface area (Å²) in [6.07, 6.45) is -0.479. The van der Waals surface area contributed by atoms with Gasteiger partial charge >= 0.3 is 12.1 Å². The number of fused-ring (bicyclic) bond motifs is 1. The van der Waals surface area contributed by atoms with Crippen LogP contribution in [0.4, 0.5) is 4.79 Å². The van der Waals surface area contributed by atoms with Gasteiger partial charge in [0, 0.05) is 28.7 Å². The number of benzene rings is 2. The molecule has 26 heavy (non-hydrogen) atoms. The first-order valence-corrected chi connectivity index (χ1v) is 8.55. The van der Waals surface area contributed by atoms with E-state index in [1.807, 2.05) is 0 Å². The number of ether oxygens (including phenoxy) is 1. The zero-order chi connectivity index (χ0) is 18.8. The molecule has 0 atom stereocenters. The van der Waals surface area contributed by atoms with E-state index in [4.69, 9.17) is 33.0 Å². The van der Waals surface area contributed by atoms with Crippen LogP contribution in [-0.2, 0) is 17.8 Å². The molecule has 1 amide bonds. The molecule has 1 aliphatic rings. The molecule has 1 heterocycles. The third-order valence-electron chi connectivity index (χ3n) is 4.22. The minimum Gasteiger partial charge on any atom is -0.482 e. The highest BCUT2D eigenvalue weighted by Gasteiger charge is 2.25. The Kier molecular flexibility index (Phi) is 5.25. The van der Waals surface area contributed by atoms with Crippen LogP contribution in [0.15, 0.2) is 30.3 Å². The molecule has 6 nitrogen and oxygen atoms in total. The fraction of sp³-hybridized carbons (Fsp3) is 0.222. The molecule has 0 spiro atoms. The second kappa shape index (κ2) is 7.43. The summed E-state index contributed by atoms with van der Waals surface area (Å²) in [5.74, 6) is -0.719. The Hall–Kier alpha value is -2.44. The minimum atomic E-state index is -1.08. The zero-order valence-corrected chi connectivity index (χ0v) is 15.0. The Morgan fingerprint density at radius 1 is 1.04 bits per heavy atom. The second-order valence-corrected chi connectivity index (χ2v) is 6.64. The predicted molar refractivity (Wildman–Crippen MR) is 97.2 cm³/mol. The topological polar surface area (TPSA) is 87.1 Å². The van der Waals surface area contributed by atoms with Gasteiger partial charge in [0.2, 0.25) is 0 Å². The van der Waals surface area contributed by atoms with E-state index in [-0.39, 0.29) is 6.54 Å². The van der Waals surface area contributed by atoms with Crippen LogP contribution in [0, 0.1) is 0 Å². The average Bonchev–Trinajstić information content (AvgIpc) is 2.61. The molecule has 8 heteroatoms. The fourth-order valence-corrected chi connectivity index (χ4v) is 3.48. The molecular formula is C18H15Cl2NO5. The van der Waals surface area contributed by atoms with Gasteiger partial charge in [0.05, 0.1) is 0 Å². The number of amides is 1. The number of nitrogens with zero attached hydrogens (tertiary/aromatic N) is 1. The van der Waals surface area contributed by atoms with Crippen LogP contribution in [0.2, 0.25) is 10.0 Å². The Labute approximate surface area is 159 Å². The van der Waals surface area contributed by atoms with Crippen LogP contribution < -0.4 is 4.74 Å². The van der Waals surface area contributed by atoms with E-state index in [1.54, 1.807) is 30.3 Å². The van der Waals surface area contributed by atoms with Gasteiger partial charge in [0.25, 0.3) is 0 Å². The van der Waals surface area contributed by atoms with Crippen molar-refractivity contribution in [1.29, 1.82) is 0 Å². The number of carboxylic acids is 1. The van der Waals surface area contributed by atoms with Crippen LogP contribution in [0.5, 0.6) is 5.75 Å². The highest BCUT2D eigenvalue weighted by atomic mass is 35.5. The van der Waals surface area contributed by atoms with Gasteiger partial charge in [0.1, 0.15) is 5.75 Å². The van der Waals surface area contributed by atoms with Gasteiger partial charge in [0.15, 0.2) is 6.61 Å². The van der Waals surface area contributed by atoms with E-state index in [0.29, 0.717) is 34.3 Å². The van der Waals surface area contributed by atoms with Crippen LogP contribution in [0.25, 0.3) is 11.1 Å². The van der Waals surface area contributed by atoms with Gasteiger partial charge in [-0.25, -0.2) is 9.59 Å². The number of carboxylic acid groups (broad SMARTS) is 2. The van der Waals surface area contributed by atoms with E-state index < -0.39 is 18.7 Å². The molecule has 3 rings (SSSR count). The zero-order valence-electron chi connectivity index (χ0n) is 13.5. The smallest absolute Gasteiger partial charge is 0.407 e. The molecule has 2 N–H and O–H groups in total. The van der Waals surface area contributed by atoms with Crippen LogP contribution in [0.1, 0.15) is 11.1 Å². The van der Waals surface area contributed by atoms with Crippen molar-refractivity contribution in [2.75, 3.05) is 13.2 Å². The lowest BCUT2D eigenvalue weighted by atomic mass is 9.91. The lowest BCUT2D eigenvalue weighted by Crippen LogP contribution is -2.35. The average molecular weight is 396 g/mol. The van der Waals surface area contributed by atoms with Crippen molar-refractivity contribution in [3.63, 3.8) is 0 Å². The third kappa shape index (κ3) is 3.71. The van der Waals surface area contributed by atoms with Crippen LogP contribution in [-0.4, -0.2) is 40.3 Å². The lowest BCUT2D eigenvalue weighted by Gasteiger charge is -2.29. The van der Waals surface area contributed by atoms with Crippen molar-refractivity contribution >= 4 is 35.3 Å². The molecule has 0 saturated carbocycles. The Bertz CT molecular complexity index is 884. The molecule has 0 saturated heterocycles. The summed E-state index contributed by atoms with van der Waals surface area (Å²) < 4.78 is 5.22. The van der Waals surface area contributed by atoms with E-state index in [9.17, 15) is 14.7 Å². The summed E-state index contributed by atoms with van der Waals surface area (Å²) in [6.45, 7) is 0.116. The van der Waals surface area contributed by atoms with Crippen molar-refractivity contribution < 1.29 is 24.5 Å². The van der Waals surface area contributed by atoms with Gasteiger partial charge in [-0.3, -0.25) is 0 Å². The Morgan fingerprint density at radius 3 is 2.46 bits per heavy atom. The number of hydrogen-bond acceptors (Lipinski definition) is 3. The highest BCUT2D eigenvalue weighted by molar-refractivity contribution is 6.34. The SMILES string of the molecule is O=C(O)COc1ccc(Cl)c(-c2ccc(Cl)c3c2CN(C(=O)O)CC3)c1. The molecular weight excluding hydrogens is 381 g/mol. The highest BCUT2D eigenvalue weighted by Crippen LogP contribution is 2.39. The standard InChI is InChI=1S/C18H15Cl2NO5/c19-15-4-2-11(14-8-21(18(24)25)6-5-12(14)15)13-7-10(1-3-16(13)20)26-9-17(22)23/h1-4,7H,5-6,8-9H2,(H,22,23)(H,24,25). The number of aliphatic carboxylic acids is 1. The number of halogens is 2. The Balaban J connectivity index is 2.06. The third-order valence-corrected chi connectivity index (χ3v) is 4.90. The van der Waals surface area contributed by atoms with Gasteiger partial charge in [-0.05, 0) is 47.4 Å². The fourth-order valence-electron chi connectivity index (χ4n) is 2.99. The maximum absolute atomic E-state index is 11.4. The van der Waals surface area contributed by atoms with Crippen molar-refractivity contribution in [3.8, 4) is 16.9 Å². The van der Waals surface area contributed by atoms with E-state index >= 15 is 0 Å². The molecule has 0 bridgehead atoms. The number of rotatable bonds is 4. The summed E-state index contributed by atoms with van der Waals surface area (Å²) in [5.41, 5.74) is 3.08. The summed E-state index contributed by atoms with van der Waals surface area (Å²) in [6, 6.07) is 8.39. The molecule has 0 aliphatic carbocycles. The predicted octanol–water partition coefficient (Wildman–Crippen LogP) is 4.16. The van der Waals surface area contributed by atoms with Crippen molar-refractivity contribution in [2.24, 2.45) is 0 Å².